The number of benzene rings is 1. The summed E-state index contributed by atoms with van der Waals surface area (Å²) in [7, 11) is 0. The van der Waals surface area contributed by atoms with E-state index in [1.165, 1.54) is 37.4 Å². The van der Waals surface area contributed by atoms with Gasteiger partial charge in [-0.1, -0.05) is 31.9 Å². The van der Waals surface area contributed by atoms with Gasteiger partial charge >= 0.3 is 0 Å². The number of ether oxygens (including phenoxy) is 1. The van der Waals surface area contributed by atoms with Crippen LogP contribution in [0.1, 0.15) is 48.5 Å². The molecule has 1 aliphatic rings. The lowest BCUT2D eigenvalue weighted by Gasteiger charge is -2.26. The van der Waals surface area contributed by atoms with Crippen LogP contribution < -0.4 is 10.0 Å². The molecule has 1 amide bonds. The van der Waals surface area contributed by atoms with Crippen LogP contribution in [-0.2, 0) is 11.3 Å². The predicted molar refractivity (Wildman–Crippen MR) is 96.0 cm³/mol. The molecule has 2 aromatic rings. The van der Waals surface area contributed by atoms with Crippen molar-refractivity contribution in [2.75, 3.05) is 5.32 Å². The number of pyridine rings is 1. The molecule has 132 valence electrons. The Kier molecular flexibility index (Phi) is 5.66. The summed E-state index contributed by atoms with van der Waals surface area (Å²) in [6.07, 6.45) is 7.76. The molecule has 1 heterocycles. The molecule has 3 rings (SSSR count). The lowest BCUT2D eigenvalue weighted by Crippen LogP contribution is -2.25. The third kappa shape index (κ3) is 5.03. The number of anilines is 1. The van der Waals surface area contributed by atoms with Gasteiger partial charge in [0.25, 0.3) is 5.91 Å². The Hall–Kier alpha value is -2.40. The third-order valence-electron chi connectivity index (χ3n) is 4.62. The van der Waals surface area contributed by atoms with Gasteiger partial charge in [0.05, 0.1) is 18.3 Å². The Bertz CT molecular complexity index is 715. The Labute approximate surface area is 148 Å². The molecule has 0 aliphatic heterocycles. The summed E-state index contributed by atoms with van der Waals surface area (Å²) in [6.45, 7) is 2.84. The predicted octanol–water partition coefficient (Wildman–Crippen LogP) is 3.67. The lowest BCUT2D eigenvalue weighted by molar-refractivity contribution is -0.605. The number of amides is 1. The zero-order valence-corrected chi connectivity index (χ0v) is 14.5. The smallest absolute Gasteiger partial charge is 0.256 e. The zero-order chi connectivity index (χ0) is 17.6. The summed E-state index contributed by atoms with van der Waals surface area (Å²) in [5, 5.41) is 13.9. The average Bonchev–Trinajstić information content (AvgIpc) is 2.61. The van der Waals surface area contributed by atoms with Crippen LogP contribution in [0.4, 0.5) is 5.69 Å². The molecular weight excluding hydrogens is 316 g/mol. The molecule has 0 saturated heterocycles. The molecule has 5 nitrogen and oxygen atoms in total. The van der Waals surface area contributed by atoms with Crippen molar-refractivity contribution in [2.24, 2.45) is 5.92 Å². The number of hydrogen-bond donors (Lipinski definition) is 1. The Morgan fingerprint density at radius 2 is 2.08 bits per heavy atom. The van der Waals surface area contributed by atoms with E-state index < -0.39 is 0 Å². The Morgan fingerprint density at radius 3 is 2.84 bits per heavy atom. The average molecular weight is 340 g/mol. The standard InChI is InChI=1S/C20H24N2O3/c1-15-4-2-7-19(12-15)25-14-16-5-3-6-18(13-16)21-20(23)17-8-10-22(24)11-9-17/h3,5-6,8-11,13,15,19H,2,4,7,12,14H2,1H3,(H,21,23). The largest absolute Gasteiger partial charge is 0.619 e. The third-order valence-corrected chi connectivity index (χ3v) is 4.62. The highest BCUT2D eigenvalue weighted by molar-refractivity contribution is 6.04. The van der Waals surface area contributed by atoms with Gasteiger partial charge in [0.2, 0.25) is 0 Å². The quantitative estimate of drug-likeness (QED) is 0.667. The first-order valence-electron chi connectivity index (χ1n) is 8.81. The summed E-state index contributed by atoms with van der Waals surface area (Å²) in [6, 6.07) is 10.7. The molecule has 2 unspecified atom stereocenters. The normalized spacial score (nSPS) is 20.2. The van der Waals surface area contributed by atoms with Crippen molar-refractivity contribution >= 4 is 11.6 Å². The molecule has 0 radical (unpaired) electrons. The van der Waals surface area contributed by atoms with Gasteiger partial charge in [-0.05, 0) is 36.5 Å². The second-order valence-electron chi connectivity index (χ2n) is 6.81. The molecule has 1 aliphatic carbocycles. The molecule has 1 aromatic heterocycles. The minimum Gasteiger partial charge on any atom is -0.619 e. The first-order chi connectivity index (χ1) is 12.1. The van der Waals surface area contributed by atoms with Crippen LogP contribution in [0.15, 0.2) is 48.8 Å². The maximum Gasteiger partial charge on any atom is 0.256 e. The van der Waals surface area contributed by atoms with Crippen molar-refractivity contribution < 1.29 is 14.3 Å². The van der Waals surface area contributed by atoms with E-state index >= 15 is 0 Å². The number of carbonyl (C=O) groups is 1. The minimum absolute atomic E-state index is 0.236. The van der Waals surface area contributed by atoms with Crippen molar-refractivity contribution in [3.05, 3.63) is 65.1 Å². The van der Waals surface area contributed by atoms with Gasteiger partial charge in [-0.3, -0.25) is 4.79 Å². The van der Waals surface area contributed by atoms with Crippen molar-refractivity contribution in [1.82, 2.24) is 0 Å². The molecular formula is C20H24N2O3. The fourth-order valence-electron chi connectivity index (χ4n) is 3.25. The molecule has 5 heteroatoms. The molecule has 1 saturated carbocycles. The number of hydrogen-bond acceptors (Lipinski definition) is 3. The van der Waals surface area contributed by atoms with Gasteiger partial charge in [-0.2, -0.15) is 4.73 Å². The van der Waals surface area contributed by atoms with Gasteiger partial charge in [-0.15, -0.1) is 0 Å². The minimum atomic E-state index is -0.236. The monoisotopic (exact) mass is 340 g/mol. The number of nitrogens with one attached hydrogen (secondary N) is 1. The fraction of sp³-hybridized carbons (Fsp3) is 0.400. The van der Waals surface area contributed by atoms with Crippen molar-refractivity contribution in [1.29, 1.82) is 0 Å². The van der Waals surface area contributed by atoms with Crippen molar-refractivity contribution in [3.8, 4) is 0 Å². The Morgan fingerprint density at radius 1 is 1.28 bits per heavy atom. The molecule has 1 N–H and O–H groups in total. The number of nitrogens with zero attached hydrogens (tertiary/aromatic N) is 1. The summed E-state index contributed by atoms with van der Waals surface area (Å²) < 4.78 is 6.70. The summed E-state index contributed by atoms with van der Waals surface area (Å²) in [5.41, 5.74) is 2.22. The van der Waals surface area contributed by atoms with Crippen molar-refractivity contribution in [2.45, 2.75) is 45.3 Å². The SMILES string of the molecule is CC1CCCC(OCc2cccc(NC(=O)c3cc[n+]([O-])cc3)c2)C1. The van der Waals surface area contributed by atoms with Gasteiger partial charge < -0.3 is 15.3 Å². The lowest BCUT2D eigenvalue weighted by atomic mass is 9.89. The number of aromatic nitrogens is 1. The topological polar surface area (TPSA) is 65.3 Å². The summed E-state index contributed by atoms with van der Waals surface area (Å²) in [5.74, 6) is 0.503. The molecule has 0 spiro atoms. The van der Waals surface area contributed by atoms with Crippen LogP contribution >= 0.6 is 0 Å². The number of rotatable bonds is 5. The van der Waals surface area contributed by atoms with E-state index in [1.807, 2.05) is 24.3 Å². The molecule has 1 aromatic carbocycles. The van der Waals surface area contributed by atoms with Crippen LogP contribution in [0.25, 0.3) is 0 Å². The first kappa shape index (κ1) is 17.4. The second-order valence-corrected chi connectivity index (χ2v) is 6.81. The highest BCUT2D eigenvalue weighted by Gasteiger charge is 2.19. The molecule has 2 atom stereocenters. The summed E-state index contributed by atoms with van der Waals surface area (Å²) in [4.78, 5) is 12.2. The Balaban J connectivity index is 1.57. The maximum absolute atomic E-state index is 12.2. The van der Waals surface area contributed by atoms with E-state index in [0.717, 1.165) is 30.0 Å². The maximum atomic E-state index is 12.2. The van der Waals surface area contributed by atoms with Crippen molar-refractivity contribution in [3.63, 3.8) is 0 Å². The summed E-state index contributed by atoms with van der Waals surface area (Å²) >= 11 is 0. The van der Waals surface area contributed by atoms with Crippen LogP contribution in [0.3, 0.4) is 0 Å². The number of carbonyl (C=O) groups excluding carboxylic acids is 1. The van der Waals surface area contributed by atoms with Gasteiger partial charge in [-0.25, -0.2) is 0 Å². The molecule has 0 bridgehead atoms. The van der Waals surface area contributed by atoms with Crippen LogP contribution in [0.5, 0.6) is 0 Å². The van der Waals surface area contributed by atoms with Gasteiger partial charge in [0, 0.05) is 17.8 Å². The van der Waals surface area contributed by atoms with E-state index in [9.17, 15) is 10.0 Å². The zero-order valence-electron chi connectivity index (χ0n) is 14.5. The van der Waals surface area contributed by atoms with E-state index in [0.29, 0.717) is 23.0 Å². The van der Waals surface area contributed by atoms with E-state index in [1.54, 1.807) is 0 Å². The second kappa shape index (κ2) is 8.12. The molecule has 25 heavy (non-hydrogen) atoms. The van der Waals surface area contributed by atoms with Crippen LogP contribution in [0, 0.1) is 11.1 Å². The van der Waals surface area contributed by atoms with E-state index in [4.69, 9.17) is 4.74 Å². The van der Waals surface area contributed by atoms with E-state index in [-0.39, 0.29) is 5.91 Å². The fourth-order valence-corrected chi connectivity index (χ4v) is 3.25. The van der Waals surface area contributed by atoms with Crippen LogP contribution in [-0.4, -0.2) is 12.0 Å². The van der Waals surface area contributed by atoms with Gasteiger partial charge in [0.15, 0.2) is 12.4 Å². The van der Waals surface area contributed by atoms with E-state index in [2.05, 4.69) is 12.2 Å². The van der Waals surface area contributed by atoms with Gasteiger partial charge in [0.1, 0.15) is 0 Å². The highest BCUT2D eigenvalue weighted by Crippen LogP contribution is 2.26. The highest BCUT2D eigenvalue weighted by atomic mass is 16.5. The van der Waals surface area contributed by atoms with Crippen LogP contribution in [0.2, 0.25) is 0 Å². The first-order valence-corrected chi connectivity index (χ1v) is 8.81. The molecule has 1 fully saturated rings.